The maximum atomic E-state index is 13.0. The van der Waals surface area contributed by atoms with E-state index in [1.165, 1.54) is 0 Å². The van der Waals surface area contributed by atoms with Crippen molar-refractivity contribution in [1.82, 2.24) is 14.5 Å². The Kier molecular flexibility index (Phi) is 4.36. The molecule has 136 valence electrons. The third-order valence-electron chi connectivity index (χ3n) is 4.91. The van der Waals surface area contributed by atoms with Gasteiger partial charge in [-0.15, -0.1) is 0 Å². The van der Waals surface area contributed by atoms with Crippen LogP contribution in [0.25, 0.3) is 11.0 Å². The lowest BCUT2D eigenvalue weighted by molar-refractivity contribution is 0.0673. The third kappa shape index (κ3) is 2.94. The van der Waals surface area contributed by atoms with Crippen LogP contribution in [-0.2, 0) is 7.05 Å². The van der Waals surface area contributed by atoms with Crippen LogP contribution in [0.3, 0.4) is 0 Å². The van der Waals surface area contributed by atoms with E-state index < -0.39 is 0 Å². The topological polar surface area (TPSA) is 60.5 Å². The SMILES string of the molecule is COc1cc(Cl)cc2cc(C(=O)N3CCC[C@H](c4nccn4C)C3)oc12. The summed E-state index contributed by atoms with van der Waals surface area (Å²) in [6.07, 6.45) is 5.70. The molecule has 7 heteroatoms. The van der Waals surface area contributed by atoms with Gasteiger partial charge in [0.2, 0.25) is 0 Å². The summed E-state index contributed by atoms with van der Waals surface area (Å²) in [5, 5.41) is 1.30. The van der Waals surface area contributed by atoms with Crippen LogP contribution in [0.1, 0.15) is 35.1 Å². The van der Waals surface area contributed by atoms with Crippen molar-refractivity contribution in [2.24, 2.45) is 7.05 Å². The summed E-state index contributed by atoms with van der Waals surface area (Å²) in [5.74, 6) is 1.97. The molecule has 26 heavy (non-hydrogen) atoms. The third-order valence-corrected chi connectivity index (χ3v) is 5.13. The number of nitrogens with zero attached hydrogens (tertiary/aromatic N) is 3. The van der Waals surface area contributed by atoms with E-state index in [2.05, 4.69) is 4.98 Å². The summed E-state index contributed by atoms with van der Waals surface area (Å²) in [6.45, 7) is 1.35. The Morgan fingerprint density at radius 2 is 2.23 bits per heavy atom. The fourth-order valence-electron chi connectivity index (χ4n) is 3.64. The Morgan fingerprint density at radius 3 is 2.96 bits per heavy atom. The molecule has 3 aromatic rings. The van der Waals surface area contributed by atoms with Gasteiger partial charge in [-0.1, -0.05) is 11.6 Å². The number of imidazole rings is 1. The van der Waals surface area contributed by atoms with Crippen molar-refractivity contribution in [1.29, 1.82) is 0 Å². The van der Waals surface area contributed by atoms with Gasteiger partial charge in [-0.05, 0) is 25.0 Å². The second kappa shape index (κ2) is 6.68. The number of carbonyl (C=O) groups excluding carboxylic acids is 1. The number of fused-ring (bicyclic) bond motifs is 1. The summed E-state index contributed by atoms with van der Waals surface area (Å²) in [4.78, 5) is 19.3. The number of carbonyl (C=O) groups is 1. The minimum absolute atomic E-state index is 0.113. The summed E-state index contributed by atoms with van der Waals surface area (Å²) < 4.78 is 13.1. The number of benzene rings is 1. The molecule has 6 nitrogen and oxygen atoms in total. The van der Waals surface area contributed by atoms with Crippen molar-refractivity contribution in [3.05, 3.63) is 47.2 Å². The summed E-state index contributed by atoms with van der Waals surface area (Å²) in [7, 11) is 3.54. The van der Waals surface area contributed by atoms with E-state index in [-0.39, 0.29) is 11.8 Å². The Hall–Kier alpha value is -2.47. The zero-order chi connectivity index (χ0) is 18.3. The lowest BCUT2D eigenvalue weighted by Gasteiger charge is -2.31. The first-order valence-corrected chi connectivity index (χ1v) is 8.98. The number of rotatable bonds is 3. The second-order valence-corrected chi connectivity index (χ2v) is 7.06. The molecule has 1 atom stereocenters. The van der Waals surface area contributed by atoms with Gasteiger partial charge in [-0.25, -0.2) is 4.98 Å². The largest absolute Gasteiger partial charge is 0.493 e. The quantitative estimate of drug-likeness (QED) is 0.699. The molecule has 1 aliphatic heterocycles. The lowest BCUT2D eigenvalue weighted by atomic mass is 9.97. The molecule has 1 amide bonds. The van der Waals surface area contributed by atoms with E-state index in [4.69, 9.17) is 20.8 Å². The van der Waals surface area contributed by atoms with Crippen molar-refractivity contribution >= 4 is 28.5 Å². The van der Waals surface area contributed by atoms with Crippen LogP contribution in [0, 0.1) is 0 Å². The van der Waals surface area contributed by atoms with Crippen LogP contribution in [0.5, 0.6) is 5.75 Å². The number of aromatic nitrogens is 2. The number of hydrogen-bond acceptors (Lipinski definition) is 4. The molecular formula is C19H20ClN3O3. The predicted molar refractivity (Wildman–Crippen MR) is 98.9 cm³/mol. The highest BCUT2D eigenvalue weighted by atomic mass is 35.5. The summed E-state index contributed by atoms with van der Waals surface area (Å²) in [5.41, 5.74) is 0.540. The van der Waals surface area contributed by atoms with Gasteiger partial charge in [-0.3, -0.25) is 4.79 Å². The van der Waals surface area contributed by atoms with Gasteiger partial charge in [0.1, 0.15) is 5.82 Å². The number of likely N-dealkylation sites (tertiary alicyclic amines) is 1. The van der Waals surface area contributed by atoms with Gasteiger partial charge in [-0.2, -0.15) is 0 Å². The van der Waals surface area contributed by atoms with Crippen LogP contribution in [0.2, 0.25) is 5.02 Å². The standard InChI is InChI=1S/C19H20ClN3O3/c1-22-7-5-21-18(22)12-4-3-6-23(11-12)19(24)16-9-13-8-14(20)10-15(25-2)17(13)26-16/h5,7-10,12H,3-4,6,11H2,1-2H3/t12-/m0/s1. The van der Waals surface area contributed by atoms with E-state index in [9.17, 15) is 4.79 Å². The van der Waals surface area contributed by atoms with E-state index in [1.807, 2.05) is 22.7 Å². The van der Waals surface area contributed by atoms with Crippen LogP contribution in [0.4, 0.5) is 0 Å². The predicted octanol–water partition coefficient (Wildman–Crippen LogP) is 3.85. The maximum absolute atomic E-state index is 13.0. The molecular weight excluding hydrogens is 354 g/mol. The highest BCUT2D eigenvalue weighted by molar-refractivity contribution is 6.31. The number of amides is 1. The van der Waals surface area contributed by atoms with Crippen molar-refractivity contribution in [3.63, 3.8) is 0 Å². The Morgan fingerprint density at radius 1 is 1.38 bits per heavy atom. The molecule has 0 bridgehead atoms. The lowest BCUT2D eigenvalue weighted by Crippen LogP contribution is -2.39. The molecule has 0 aliphatic carbocycles. The highest BCUT2D eigenvalue weighted by Crippen LogP contribution is 2.33. The molecule has 1 fully saturated rings. The van der Waals surface area contributed by atoms with Gasteiger partial charge in [0.15, 0.2) is 17.1 Å². The van der Waals surface area contributed by atoms with Crippen molar-refractivity contribution in [3.8, 4) is 5.75 Å². The van der Waals surface area contributed by atoms with E-state index >= 15 is 0 Å². The molecule has 3 heterocycles. The number of halogens is 1. The number of piperidine rings is 1. The number of furan rings is 1. The van der Waals surface area contributed by atoms with Gasteiger partial charge in [0.05, 0.1) is 7.11 Å². The average Bonchev–Trinajstić information content (AvgIpc) is 3.26. The Balaban J connectivity index is 1.61. The number of hydrogen-bond donors (Lipinski definition) is 0. The van der Waals surface area contributed by atoms with Crippen LogP contribution in [-0.4, -0.2) is 40.6 Å². The second-order valence-electron chi connectivity index (χ2n) is 6.62. The minimum atomic E-state index is -0.113. The molecule has 1 aromatic carbocycles. The fraction of sp³-hybridized carbons (Fsp3) is 0.368. The van der Waals surface area contributed by atoms with Gasteiger partial charge >= 0.3 is 0 Å². The van der Waals surface area contributed by atoms with Gasteiger partial charge < -0.3 is 18.6 Å². The summed E-state index contributed by atoms with van der Waals surface area (Å²) >= 11 is 6.10. The van der Waals surface area contributed by atoms with Crippen molar-refractivity contribution in [2.75, 3.05) is 20.2 Å². The first kappa shape index (κ1) is 17.0. The molecule has 0 radical (unpaired) electrons. The Bertz CT molecular complexity index is 962. The first-order chi connectivity index (χ1) is 12.6. The van der Waals surface area contributed by atoms with E-state index in [0.717, 1.165) is 24.1 Å². The smallest absolute Gasteiger partial charge is 0.289 e. The van der Waals surface area contributed by atoms with Crippen LogP contribution in [0.15, 0.2) is 35.0 Å². The highest BCUT2D eigenvalue weighted by Gasteiger charge is 2.29. The average molecular weight is 374 g/mol. The molecule has 2 aromatic heterocycles. The van der Waals surface area contributed by atoms with E-state index in [1.54, 1.807) is 31.5 Å². The molecule has 1 saturated heterocycles. The zero-order valence-electron chi connectivity index (χ0n) is 14.7. The van der Waals surface area contributed by atoms with Crippen LogP contribution < -0.4 is 4.74 Å². The minimum Gasteiger partial charge on any atom is -0.493 e. The monoisotopic (exact) mass is 373 g/mol. The molecule has 1 aliphatic rings. The molecule has 0 spiro atoms. The van der Waals surface area contributed by atoms with Gasteiger partial charge in [0.25, 0.3) is 5.91 Å². The molecule has 0 unspecified atom stereocenters. The Labute approximate surface area is 156 Å². The molecule has 4 rings (SSSR count). The summed E-state index contributed by atoms with van der Waals surface area (Å²) in [6, 6.07) is 5.18. The van der Waals surface area contributed by atoms with Crippen LogP contribution >= 0.6 is 11.6 Å². The molecule has 0 saturated carbocycles. The number of aryl methyl sites for hydroxylation is 1. The van der Waals surface area contributed by atoms with Crippen molar-refractivity contribution < 1.29 is 13.9 Å². The normalized spacial score (nSPS) is 17.7. The number of methoxy groups -OCH3 is 1. The zero-order valence-corrected chi connectivity index (χ0v) is 15.5. The maximum Gasteiger partial charge on any atom is 0.289 e. The van der Waals surface area contributed by atoms with E-state index in [0.29, 0.717) is 35.2 Å². The number of ether oxygens (including phenoxy) is 1. The first-order valence-electron chi connectivity index (χ1n) is 8.60. The molecule has 0 N–H and O–H groups in total. The van der Waals surface area contributed by atoms with Crippen molar-refractivity contribution in [2.45, 2.75) is 18.8 Å². The fourth-order valence-corrected chi connectivity index (χ4v) is 3.86. The van der Waals surface area contributed by atoms with Gasteiger partial charge in [0, 0.05) is 54.9 Å².